The Balaban J connectivity index is 1.77. The average molecular weight is 388 g/mol. The zero-order valence-electron chi connectivity index (χ0n) is 15.7. The van der Waals surface area contributed by atoms with E-state index in [4.69, 9.17) is 0 Å². The molecular weight excluding hydrogens is 366 g/mol. The molecule has 1 unspecified atom stereocenters. The van der Waals surface area contributed by atoms with E-state index in [1.54, 1.807) is 24.4 Å². The summed E-state index contributed by atoms with van der Waals surface area (Å²) in [6, 6.07) is 0.862. The Morgan fingerprint density at radius 1 is 1.25 bits per heavy atom. The second kappa shape index (κ2) is 7.06. The van der Waals surface area contributed by atoms with E-state index < -0.39 is 17.2 Å². The highest BCUT2D eigenvalue weighted by molar-refractivity contribution is 5.62. The molecule has 3 N–H and O–H groups in total. The van der Waals surface area contributed by atoms with E-state index in [2.05, 4.69) is 25.6 Å². The number of fused-ring (bicyclic) bond motifs is 1. The minimum absolute atomic E-state index is 0.0109. The van der Waals surface area contributed by atoms with Gasteiger partial charge in [0.25, 0.3) is 0 Å². The van der Waals surface area contributed by atoms with E-state index >= 15 is 0 Å². The average Bonchev–Trinajstić information content (AvgIpc) is 3.07. The topological polar surface area (TPSA) is 87.4 Å². The molecule has 0 aliphatic carbocycles. The molecule has 9 heteroatoms. The number of piperidine rings is 1. The number of imidazole rings is 1. The summed E-state index contributed by atoms with van der Waals surface area (Å²) in [5.41, 5.74) is 0.0248. The predicted octanol–water partition coefficient (Wildman–Crippen LogP) is 2.46. The maximum Gasteiger partial charge on any atom is 0.168 e. The van der Waals surface area contributed by atoms with Gasteiger partial charge in [-0.05, 0) is 33.2 Å². The fourth-order valence-corrected chi connectivity index (χ4v) is 3.30. The molecule has 3 aromatic rings. The molecule has 0 bridgehead atoms. The van der Waals surface area contributed by atoms with Crippen molar-refractivity contribution in [3.63, 3.8) is 0 Å². The lowest BCUT2D eigenvalue weighted by atomic mass is 10.1. The van der Waals surface area contributed by atoms with Gasteiger partial charge in [-0.25, -0.2) is 18.7 Å². The molecule has 28 heavy (non-hydrogen) atoms. The number of hydrogen-bond acceptors (Lipinski definition) is 6. The van der Waals surface area contributed by atoms with Gasteiger partial charge in [0.05, 0.1) is 23.8 Å². The van der Waals surface area contributed by atoms with E-state index in [9.17, 15) is 13.9 Å². The Labute approximate surface area is 160 Å². The number of anilines is 1. The molecular formula is C19H22F2N6O. The number of rotatable bonds is 4. The summed E-state index contributed by atoms with van der Waals surface area (Å²) in [5.74, 6) is -1.51. The number of pyridine rings is 1. The Kier molecular flexibility index (Phi) is 4.72. The van der Waals surface area contributed by atoms with Crippen LogP contribution in [0, 0.1) is 11.6 Å². The molecule has 0 saturated carbocycles. The molecule has 4 rings (SSSR count). The zero-order valence-corrected chi connectivity index (χ0v) is 15.7. The first kappa shape index (κ1) is 18.7. The largest absolute Gasteiger partial charge is 0.384 e. The molecule has 1 saturated heterocycles. The molecule has 1 aliphatic rings. The van der Waals surface area contributed by atoms with Crippen molar-refractivity contribution in [2.45, 2.75) is 38.3 Å². The maximum atomic E-state index is 14.6. The molecule has 0 aromatic carbocycles. The van der Waals surface area contributed by atoms with Crippen molar-refractivity contribution >= 4 is 11.5 Å². The summed E-state index contributed by atoms with van der Waals surface area (Å²) in [5, 5.41) is 16.5. The number of aliphatic hydroxyl groups is 1. The van der Waals surface area contributed by atoms with E-state index in [1.807, 2.05) is 0 Å². The monoisotopic (exact) mass is 388 g/mol. The third-order valence-corrected chi connectivity index (χ3v) is 4.83. The van der Waals surface area contributed by atoms with Crippen molar-refractivity contribution < 1.29 is 13.9 Å². The van der Waals surface area contributed by atoms with Gasteiger partial charge in [0, 0.05) is 24.8 Å². The van der Waals surface area contributed by atoms with Crippen LogP contribution in [0.2, 0.25) is 0 Å². The van der Waals surface area contributed by atoms with Crippen LogP contribution in [0.1, 0.15) is 32.4 Å². The third kappa shape index (κ3) is 3.55. The number of halogens is 2. The minimum Gasteiger partial charge on any atom is -0.384 e. The molecule has 1 aliphatic heterocycles. The van der Waals surface area contributed by atoms with Gasteiger partial charge >= 0.3 is 0 Å². The number of nitrogens with zero attached hydrogens (tertiary/aromatic N) is 4. The predicted molar refractivity (Wildman–Crippen MR) is 101 cm³/mol. The van der Waals surface area contributed by atoms with Crippen molar-refractivity contribution in [2.24, 2.45) is 0 Å². The molecule has 3 aromatic heterocycles. The van der Waals surface area contributed by atoms with E-state index in [0.29, 0.717) is 23.6 Å². The lowest BCUT2D eigenvalue weighted by Crippen LogP contribution is -2.38. The fraction of sp³-hybridized carbons (Fsp3) is 0.421. The minimum atomic E-state index is -1.18. The van der Waals surface area contributed by atoms with Crippen LogP contribution < -0.4 is 10.6 Å². The second-order valence-electron chi connectivity index (χ2n) is 7.54. The summed E-state index contributed by atoms with van der Waals surface area (Å²) < 4.78 is 30.5. The van der Waals surface area contributed by atoms with Crippen molar-refractivity contribution in [1.82, 2.24) is 24.7 Å². The van der Waals surface area contributed by atoms with Gasteiger partial charge in [0.2, 0.25) is 0 Å². The van der Waals surface area contributed by atoms with Crippen molar-refractivity contribution in [2.75, 3.05) is 18.4 Å². The van der Waals surface area contributed by atoms with E-state index in [1.165, 1.54) is 12.4 Å². The Morgan fingerprint density at radius 3 is 2.79 bits per heavy atom. The highest BCUT2D eigenvalue weighted by Crippen LogP contribution is 2.27. The van der Waals surface area contributed by atoms with Gasteiger partial charge in [-0.3, -0.25) is 9.38 Å². The van der Waals surface area contributed by atoms with E-state index in [0.717, 1.165) is 25.5 Å². The Bertz CT molecular complexity index is 1010. The van der Waals surface area contributed by atoms with Gasteiger partial charge in [-0.2, -0.15) is 0 Å². The molecule has 7 nitrogen and oxygen atoms in total. The lowest BCUT2D eigenvalue weighted by Gasteiger charge is -2.24. The van der Waals surface area contributed by atoms with Crippen LogP contribution in [0.15, 0.2) is 24.7 Å². The maximum absolute atomic E-state index is 14.6. The van der Waals surface area contributed by atoms with E-state index in [-0.39, 0.29) is 17.6 Å². The highest BCUT2D eigenvalue weighted by atomic mass is 19.1. The summed E-state index contributed by atoms with van der Waals surface area (Å²) in [7, 11) is 0. The van der Waals surface area contributed by atoms with Gasteiger partial charge in [0.1, 0.15) is 11.3 Å². The summed E-state index contributed by atoms with van der Waals surface area (Å²) in [4.78, 5) is 12.6. The van der Waals surface area contributed by atoms with Crippen LogP contribution in [0.4, 0.5) is 14.6 Å². The van der Waals surface area contributed by atoms with Crippen LogP contribution in [0.25, 0.3) is 17.0 Å². The number of nitrogens with one attached hydrogen (secondary N) is 2. The standard InChI is InChI=1S/C19H22F2N6O/c1-19(2,28)15-10-27-14(8-24-16(27)9-23-15)17-12(20)6-13(21)18(26-17)25-11-4-3-5-22-7-11/h6,8-11,22,28H,3-5,7H2,1-2H3,(H,25,26). The summed E-state index contributed by atoms with van der Waals surface area (Å²) >= 11 is 0. The first-order chi connectivity index (χ1) is 13.3. The summed E-state index contributed by atoms with van der Waals surface area (Å²) in [6.45, 7) is 4.84. The third-order valence-electron chi connectivity index (χ3n) is 4.83. The molecule has 4 heterocycles. The molecule has 148 valence electrons. The zero-order chi connectivity index (χ0) is 19.9. The molecule has 1 atom stereocenters. The van der Waals surface area contributed by atoms with Gasteiger partial charge in [-0.1, -0.05) is 0 Å². The van der Waals surface area contributed by atoms with Crippen LogP contribution in [0.5, 0.6) is 0 Å². The van der Waals surface area contributed by atoms with Crippen molar-refractivity contribution in [3.8, 4) is 11.4 Å². The number of hydrogen-bond donors (Lipinski definition) is 3. The molecule has 0 spiro atoms. The van der Waals surface area contributed by atoms with Crippen molar-refractivity contribution in [3.05, 3.63) is 42.0 Å². The van der Waals surface area contributed by atoms with Crippen molar-refractivity contribution in [1.29, 1.82) is 0 Å². The lowest BCUT2D eigenvalue weighted by molar-refractivity contribution is 0.0734. The van der Waals surface area contributed by atoms with Gasteiger partial charge in [-0.15, -0.1) is 0 Å². The normalized spacial score (nSPS) is 17.8. The second-order valence-corrected chi connectivity index (χ2v) is 7.54. The summed E-state index contributed by atoms with van der Waals surface area (Å²) in [6.07, 6.45) is 6.40. The fourth-order valence-electron chi connectivity index (χ4n) is 3.30. The van der Waals surface area contributed by atoms with Gasteiger partial charge < -0.3 is 15.7 Å². The smallest absolute Gasteiger partial charge is 0.168 e. The molecule has 1 fully saturated rings. The molecule has 0 radical (unpaired) electrons. The first-order valence-electron chi connectivity index (χ1n) is 9.22. The van der Waals surface area contributed by atoms with Crippen LogP contribution >= 0.6 is 0 Å². The first-order valence-corrected chi connectivity index (χ1v) is 9.22. The van der Waals surface area contributed by atoms with Crippen LogP contribution in [-0.4, -0.2) is 43.6 Å². The van der Waals surface area contributed by atoms with Crippen LogP contribution in [0.3, 0.4) is 0 Å². The quantitative estimate of drug-likeness (QED) is 0.637. The van der Waals surface area contributed by atoms with Crippen LogP contribution in [-0.2, 0) is 5.60 Å². The Hall–Kier alpha value is -2.65. The Morgan fingerprint density at radius 2 is 2.07 bits per heavy atom. The number of aromatic nitrogens is 4. The molecule has 0 amide bonds. The highest BCUT2D eigenvalue weighted by Gasteiger charge is 2.22. The van der Waals surface area contributed by atoms with Gasteiger partial charge in [0.15, 0.2) is 23.1 Å². The SMILES string of the molecule is CC(C)(O)c1cn2c(-c3nc(NC4CCCNC4)c(F)cc3F)cnc2cn1.